The number of hydrogen-bond donors (Lipinski definition) is 0. The summed E-state index contributed by atoms with van der Waals surface area (Å²) in [5, 5.41) is 0.671. The quantitative estimate of drug-likeness (QED) is 0.824. The van der Waals surface area contributed by atoms with E-state index in [1.807, 2.05) is 11.8 Å². The molecule has 3 atom stereocenters. The lowest BCUT2D eigenvalue weighted by Gasteiger charge is -2.38. The third-order valence-electron chi connectivity index (χ3n) is 5.69. The van der Waals surface area contributed by atoms with E-state index in [0.717, 1.165) is 39.0 Å². The van der Waals surface area contributed by atoms with Gasteiger partial charge in [-0.15, -0.1) is 0 Å². The Labute approximate surface area is 159 Å². The summed E-state index contributed by atoms with van der Waals surface area (Å²) in [6.07, 6.45) is 2.43. The Morgan fingerprint density at radius 2 is 2.00 bits per heavy atom. The molecular weight excluding hydrogens is 347 g/mol. The van der Waals surface area contributed by atoms with Gasteiger partial charge in [0.15, 0.2) is 5.76 Å². The van der Waals surface area contributed by atoms with Crippen LogP contribution >= 0.6 is 0 Å². The maximum atomic E-state index is 13.6. The number of benzene rings is 1. The summed E-state index contributed by atoms with van der Waals surface area (Å²) in [5.74, 6) is -0.0628. The Morgan fingerprint density at radius 1 is 1.26 bits per heavy atom. The maximum absolute atomic E-state index is 13.6. The normalized spacial score (nSPS) is 26.8. The van der Waals surface area contributed by atoms with E-state index < -0.39 is 0 Å². The van der Waals surface area contributed by atoms with Gasteiger partial charge in [0.2, 0.25) is 0 Å². The molecule has 2 saturated heterocycles. The van der Waals surface area contributed by atoms with E-state index in [1.54, 1.807) is 6.07 Å². The number of likely N-dealkylation sites (tertiary alicyclic amines) is 1. The van der Waals surface area contributed by atoms with Gasteiger partial charge in [-0.25, -0.2) is 4.39 Å². The molecule has 1 amide bonds. The minimum atomic E-state index is -0.319. The molecule has 2 aliphatic heterocycles. The van der Waals surface area contributed by atoms with Gasteiger partial charge in [-0.2, -0.15) is 0 Å². The highest BCUT2D eigenvalue weighted by molar-refractivity contribution is 5.99. The first-order valence-corrected chi connectivity index (χ1v) is 9.80. The zero-order valence-corrected chi connectivity index (χ0v) is 16.2. The van der Waals surface area contributed by atoms with Crippen LogP contribution in [0.1, 0.15) is 42.8 Å². The molecule has 0 N–H and O–H groups in total. The first-order chi connectivity index (χ1) is 12.9. The topological polar surface area (TPSA) is 45.9 Å². The Bertz CT molecular complexity index is 839. The second-order valence-electron chi connectivity index (χ2n) is 7.97. The molecule has 146 valence electrons. The van der Waals surface area contributed by atoms with Crippen molar-refractivity contribution in [1.29, 1.82) is 0 Å². The maximum Gasteiger partial charge on any atom is 0.290 e. The number of nitrogens with zero attached hydrogens (tertiary/aromatic N) is 2. The largest absolute Gasteiger partial charge is 0.451 e. The van der Waals surface area contributed by atoms with Crippen molar-refractivity contribution in [2.45, 2.75) is 51.9 Å². The molecule has 1 aromatic heterocycles. The summed E-state index contributed by atoms with van der Waals surface area (Å²) in [4.78, 5) is 17.5. The number of morpholine rings is 1. The smallest absolute Gasteiger partial charge is 0.290 e. The van der Waals surface area contributed by atoms with Crippen LogP contribution in [0.3, 0.4) is 0 Å². The van der Waals surface area contributed by atoms with Crippen molar-refractivity contribution < 1.29 is 18.3 Å². The second kappa shape index (κ2) is 7.24. The highest BCUT2D eigenvalue weighted by Gasteiger charge is 2.35. The molecule has 1 aromatic carbocycles. The van der Waals surface area contributed by atoms with Crippen LogP contribution < -0.4 is 0 Å². The third kappa shape index (κ3) is 3.60. The lowest BCUT2D eigenvalue weighted by atomic mass is 10.1. The van der Waals surface area contributed by atoms with Crippen molar-refractivity contribution in [3.63, 3.8) is 0 Å². The predicted octanol–water partition coefficient (Wildman–Crippen LogP) is 3.59. The summed E-state index contributed by atoms with van der Waals surface area (Å²) in [6, 6.07) is 4.56. The zero-order valence-electron chi connectivity index (χ0n) is 16.2. The standard InChI is InChI=1S/C21H27FN2O3/c1-13-10-23(11-14(2)26-13)12-17-5-4-8-24(17)21(25)20-15(3)18-9-16(22)6-7-19(18)27-20/h6-7,9,13-14,17H,4-5,8,10-12H2,1-3H3/t13-,14-,17-/m1/s1. The zero-order chi connectivity index (χ0) is 19.1. The minimum absolute atomic E-state index is 0.0824. The average Bonchev–Trinajstić information content (AvgIpc) is 3.18. The molecule has 0 saturated carbocycles. The monoisotopic (exact) mass is 374 g/mol. The van der Waals surface area contributed by atoms with Crippen LogP contribution in [0.5, 0.6) is 0 Å². The fourth-order valence-corrected chi connectivity index (χ4v) is 4.55. The molecule has 0 radical (unpaired) electrons. The SMILES string of the molecule is Cc1c(C(=O)N2CCC[C@@H]2CN2C[C@@H](C)O[C@H](C)C2)oc2ccc(F)cc12. The first kappa shape index (κ1) is 18.4. The van der Waals surface area contributed by atoms with Crippen molar-refractivity contribution in [2.24, 2.45) is 0 Å². The van der Waals surface area contributed by atoms with Gasteiger partial charge in [0.25, 0.3) is 5.91 Å². The highest BCUT2D eigenvalue weighted by Crippen LogP contribution is 2.29. The summed E-state index contributed by atoms with van der Waals surface area (Å²) < 4.78 is 25.2. The van der Waals surface area contributed by atoms with E-state index in [4.69, 9.17) is 9.15 Å². The molecule has 27 heavy (non-hydrogen) atoms. The van der Waals surface area contributed by atoms with Crippen LogP contribution in [-0.4, -0.2) is 60.1 Å². The molecule has 5 nitrogen and oxygen atoms in total. The Balaban J connectivity index is 1.53. The predicted molar refractivity (Wildman–Crippen MR) is 101 cm³/mol. The number of halogens is 1. The third-order valence-corrected chi connectivity index (χ3v) is 5.69. The highest BCUT2D eigenvalue weighted by atomic mass is 19.1. The van der Waals surface area contributed by atoms with Crippen molar-refractivity contribution in [3.05, 3.63) is 35.3 Å². The van der Waals surface area contributed by atoms with Crippen molar-refractivity contribution in [3.8, 4) is 0 Å². The molecule has 2 aliphatic rings. The van der Waals surface area contributed by atoms with Crippen molar-refractivity contribution >= 4 is 16.9 Å². The van der Waals surface area contributed by atoms with Gasteiger partial charge < -0.3 is 14.1 Å². The van der Waals surface area contributed by atoms with E-state index in [1.165, 1.54) is 12.1 Å². The Hall–Kier alpha value is -1.92. The molecule has 0 bridgehead atoms. The Morgan fingerprint density at radius 3 is 2.74 bits per heavy atom. The summed E-state index contributed by atoms with van der Waals surface area (Å²) in [7, 11) is 0. The summed E-state index contributed by atoms with van der Waals surface area (Å²) in [6.45, 7) is 9.41. The van der Waals surface area contributed by atoms with E-state index in [2.05, 4.69) is 18.7 Å². The molecule has 2 fully saturated rings. The number of ether oxygens (including phenoxy) is 1. The molecular formula is C21H27FN2O3. The van der Waals surface area contributed by atoms with Crippen LogP contribution in [0.4, 0.5) is 4.39 Å². The molecule has 3 heterocycles. The van der Waals surface area contributed by atoms with E-state index in [9.17, 15) is 9.18 Å². The molecule has 2 aromatic rings. The number of aryl methyl sites for hydroxylation is 1. The number of carbonyl (C=O) groups is 1. The minimum Gasteiger partial charge on any atom is -0.451 e. The Kier molecular flexibility index (Phi) is 4.95. The lowest BCUT2D eigenvalue weighted by molar-refractivity contribution is -0.0715. The summed E-state index contributed by atoms with van der Waals surface area (Å²) >= 11 is 0. The van der Waals surface area contributed by atoms with Gasteiger partial charge in [0, 0.05) is 43.2 Å². The van der Waals surface area contributed by atoms with Crippen LogP contribution in [0, 0.1) is 12.7 Å². The molecule has 0 spiro atoms. The fraction of sp³-hybridized carbons (Fsp3) is 0.571. The average molecular weight is 374 g/mol. The van der Waals surface area contributed by atoms with Gasteiger partial charge in [-0.05, 0) is 51.8 Å². The first-order valence-electron chi connectivity index (χ1n) is 9.80. The molecule has 0 unspecified atom stereocenters. The molecule has 0 aliphatic carbocycles. The number of carbonyl (C=O) groups excluding carboxylic acids is 1. The number of fused-ring (bicyclic) bond motifs is 1. The lowest BCUT2D eigenvalue weighted by Crippen LogP contribution is -2.50. The van der Waals surface area contributed by atoms with Gasteiger partial charge in [-0.1, -0.05) is 0 Å². The molecule has 6 heteroatoms. The van der Waals surface area contributed by atoms with Gasteiger partial charge in [0.05, 0.1) is 12.2 Å². The van der Waals surface area contributed by atoms with E-state index in [-0.39, 0.29) is 30.0 Å². The van der Waals surface area contributed by atoms with E-state index in [0.29, 0.717) is 22.3 Å². The van der Waals surface area contributed by atoms with Crippen LogP contribution in [0.2, 0.25) is 0 Å². The van der Waals surface area contributed by atoms with Gasteiger partial charge in [0.1, 0.15) is 11.4 Å². The van der Waals surface area contributed by atoms with Crippen molar-refractivity contribution in [2.75, 3.05) is 26.2 Å². The van der Waals surface area contributed by atoms with Gasteiger partial charge in [-0.3, -0.25) is 9.69 Å². The number of amides is 1. The van der Waals surface area contributed by atoms with Crippen LogP contribution in [-0.2, 0) is 4.74 Å². The summed E-state index contributed by atoms with van der Waals surface area (Å²) in [5.41, 5.74) is 1.28. The molecule has 4 rings (SSSR count). The number of rotatable bonds is 3. The fourth-order valence-electron chi connectivity index (χ4n) is 4.55. The number of furan rings is 1. The van der Waals surface area contributed by atoms with Crippen LogP contribution in [0.25, 0.3) is 11.0 Å². The second-order valence-corrected chi connectivity index (χ2v) is 7.97. The van der Waals surface area contributed by atoms with Gasteiger partial charge >= 0.3 is 0 Å². The van der Waals surface area contributed by atoms with E-state index >= 15 is 0 Å². The van der Waals surface area contributed by atoms with Crippen LogP contribution in [0.15, 0.2) is 22.6 Å². The van der Waals surface area contributed by atoms with Crippen molar-refractivity contribution in [1.82, 2.24) is 9.80 Å². The number of hydrogen-bond acceptors (Lipinski definition) is 4.